The molecular formula is C14H13ClN2O3. The van der Waals surface area contributed by atoms with Crippen LogP contribution in [-0.2, 0) is 0 Å². The third-order valence-electron chi connectivity index (χ3n) is 2.79. The van der Waals surface area contributed by atoms with Crippen LogP contribution in [0.2, 0.25) is 5.02 Å². The number of aryl methyl sites for hydroxylation is 3. The number of benzene rings is 1. The second kappa shape index (κ2) is 5.46. The Morgan fingerprint density at radius 2 is 1.80 bits per heavy atom. The van der Waals surface area contributed by atoms with Gasteiger partial charge < -0.3 is 4.74 Å². The highest BCUT2D eigenvalue weighted by molar-refractivity contribution is 6.30. The highest BCUT2D eigenvalue weighted by Gasteiger charge is 2.19. The summed E-state index contributed by atoms with van der Waals surface area (Å²) in [6.45, 7) is 5.39. The lowest BCUT2D eigenvalue weighted by Gasteiger charge is -2.11. The van der Waals surface area contributed by atoms with Crippen LogP contribution < -0.4 is 4.74 Å². The minimum Gasteiger partial charge on any atom is -0.433 e. The highest BCUT2D eigenvalue weighted by atomic mass is 35.5. The standard InChI is InChI=1S/C14H13ClN2O3/c1-8-4-12(17(18)19)14(16-7-8)20-13-9(2)5-11(15)6-10(13)3/h4-7H,1-3H3. The van der Waals surface area contributed by atoms with Crippen LogP contribution >= 0.6 is 11.6 Å². The number of pyridine rings is 1. The molecule has 0 amide bonds. The number of aromatic nitrogens is 1. The van der Waals surface area contributed by atoms with Crippen LogP contribution in [0.15, 0.2) is 24.4 Å². The van der Waals surface area contributed by atoms with Gasteiger partial charge in [0.2, 0.25) is 0 Å². The normalized spacial score (nSPS) is 10.4. The van der Waals surface area contributed by atoms with E-state index in [4.69, 9.17) is 16.3 Å². The molecule has 0 aliphatic carbocycles. The molecule has 0 spiro atoms. The molecular weight excluding hydrogens is 280 g/mol. The van der Waals surface area contributed by atoms with Crippen LogP contribution in [0.5, 0.6) is 11.6 Å². The molecule has 0 unspecified atom stereocenters. The van der Waals surface area contributed by atoms with Gasteiger partial charge in [-0.15, -0.1) is 0 Å². The molecule has 0 bridgehead atoms. The Hall–Kier alpha value is -2.14. The molecule has 5 nitrogen and oxygen atoms in total. The molecule has 2 rings (SSSR count). The van der Waals surface area contributed by atoms with Crippen molar-refractivity contribution in [2.24, 2.45) is 0 Å². The average molecular weight is 293 g/mol. The Bertz CT molecular complexity index is 663. The molecule has 1 aromatic heterocycles. The van der Waals surface area contributed by atoms with Crippen LogP contribution in [0.3, 0.4) is 0 Å². The van der Waals surface area contributed by atoms with E-state index in [2.05, 4.69) is 4.98 Å². The monoisotopic (exact) mass is 292 g/mol. The van der Waals surface area contributed by atoms with Crippen LogP contribution in [-0.4, -0.2) is 9.91 Å². The van der Waals surface area contributed by atoms with Gasteiger partial charge in [-0.05, 0) is 49.6 Å². The summed E-state index contributed by atoms with van der Waals surface area (Å²) < 4.78 is 5.63. The first kappa shape index (κ1) is 14.3. The molecule has 6 heteroatoms. The SMILES string of the molecule is Cc1cnc(Oc2c(C)cc(Cl)cc2C)c([N+](=O)[O-])c1. The Morgan fingerprint density at radius 1 is 1.20 bits per heavy atom. The fourth-order valence-corrected chi connectivity index (χ4v) is 2.23. The summed E-state index contributed by atoms with van der Waals surface area (Å²) in [5, 5.41) is 11.6. The minimum atomic E-state index is -0.504. The van der Waals surface area contributed by atoms with Crippen molar-refractivity contribution in [1.29, 1.82) is 0 Å². The number of nitrogens with zero attached hydrogens (tertiary/aromatic N) is 2. The number of nitro groups is 1. The van der Waals surface area contributed by atoms with Crippen molar-refractivity contribution in [3.05, 3.63) is 56.2 Å². The summed E-state index contributed by atoms with van der Waals surface area (Å²) >= 11 is 5.95. The van der Waals surface area contributed by atoms with Crippen molar-refractivity contribution in [3.8, 4) is 11.6 Å². The summed E-state index contributed by atoms with van der Waals surface area (Å²) in [6.07, 6.45) is 1.53. The van der Waals surface area contributed by atoms with E-state index in [1.807, 2.05) is 13.8 Å². The van der Waals surface area contributed by atoms with Gasteiger partial charge in [0.15, 0.2) is 0 Å². The molecule has 0 saturated carbocycles. The molecule has 104 valence electrons. The molecule has 0 aliphatic rings. The third-order valence-corrected chi connectivity index (χ3v) is 3.01. The Balaban J connectivity index is 2.48. The van der Waals surface area contributed by atoms with Crippen molar-refractivity contribution in [1.82, 2.24) is 4.98 Å². The van der Waals surface area contributed by atoms with Crippen molar-refractivity contribution in [2.45, 2.75) is 20.8 Å². The van der Waals surface area contributed by atoms with Crippen LogP contribution in [0, 0.1) is 30.9 Å². The fourth-order valence-electron chi connectivity index (χ4n) is 1.91. The largest absolute Gasteiger partial charge is 0.433 e. The fraction of sp³-hybridized carbons (Fsp3) is 0.214. The molecule has 0 fully saturated rings. The van der Waals surface area contributed by atoms with E-state index < -0.39 is 4.92 Å². The maximum absolute atomic E-state index is 11.1. The van der Waals surface area contributed by atoms with Gasteiger partial charge in [0.05, 0.1) is 4.92 Å². The summed E-state index contributed by atoms with van der Waals surface area (Å²) in [6, 6.07) is 4.91. The van der Waals surface area contributed by atoms with Crippen LogP contribution in [0.25, 0.3) is 0 Å². The topological polar surface area (TPSA) is 65.3 Å². The zero-order valence-corrected chi connectivity index (χ0v) is 12.1. The number of ether oxygens (including phenoxy) is 1. The Labute approximate surface area is 121 Å². The van der Waals surface area contributed by atoms with Gasteiger partial charge in [0.25, 0.3) is 5.88 Å². The summed E-state index contributed by atoms with van der Waals surface area (Å²) in [5.41, 5.74) is 2.14. The van der Waals surface area contributed by atoms with Gasteiger partial charge in [-0.2, -0.15) is 0 Å². The zero-order chi connectivity index (χ0) is 14.9. The van der Waals surface area contributed by atoms with E-state index >= 15 is 0 Å². The Kier molecular flexibility index (Phi) is 3.90. The summed E-state index contributed by atoms with van der Waals surface area (Å²) in [4.78, 5) is 14.6. The molecule has 2 aromatic rings. The molecule has 20 heavy (non-hydrogen) atoms. The first-order valence-electron chi connectivity index (χ1n) is 5.94. The lowest BCUT2D eigenvalue weighted by Crippen LogP contribution is -1.99. The van der Waals surface area contributed by atoms with Crippen LogP contribution in [0.4, 0.5) is 5.69 Å². The van der Waals surface area contributed by atoms with Gasteiger partial charge in [0.1, 0.15) is 5.75 Å². The minimum absolute atomic E-state index is 0.0193. The molecule has 1 aromatic carbocycles. The van der Waals surface area contributed by atoms with Gasteiger partial charge in [0, 0.05) is 17.3 Å². The maximum Gasteiger partial charge on any atom is 0.331 e. The van der Waals surface area contributed by atoms with Crippen molar-refractivity contribution >= 4 is 17.3 Å². The molecule has 0 saturated heterocycles. The van der Waals surface area contributed by atoms with Crippen molar-refractivity contribution < 1.29 is 9.66 Å². The molecule has 0 N–H and O–H groups in total. The second-order valence-corrected chi connectivity index (χ2v) is 5.00. The smallest absolute Gasteiger partial charge is 0.331 e. The van der Waals surface area contributed by atoms with E-state index in [-0.39, 0.29) is 11.6 Å². The number of halogens is 1. The first-order chi connectivity index (χ1) is 9.38. The van der Waals surface area contributed by atoms with Crippen molar-refractivity contribution in [2.75, 3.05) is 0 Å². The second-order valence-electron chi connectivity index (χ2n) is 4.56. The average Bonchev–Trinajstić information content (AvgIpc) is 2.34. The van der Waals surface area contributed by atoms with E-state index in [0.717, 1.165) is 11.1 Å². The molecule has 0 atom stereocenters. The van der Waals surface area contributed by atoms with Crippen LogP contribution in [0.1, 0.15) is 16.7 Å². The van der Waals surface area contributed by atoms with Gasteiger partial charge in [-0.3, -0.25) is 10.1 Å². The molecule has 0 radical (unpaired) electrons. The van der Waals surface area contributed by atoms with Gasteiger partial charge in [-0.1, -0.05) is 11.6 Å². The number of hydrogen-bond donors (Lipinski definition) is 0. The third kappa shape index (κ3) is 2.88. The maximum atomic E-state index is 11.1. The lowest BCUT2D eigenvalue weighted by molar-refractivity contribution is -0.386. The summed E-state index contributed by atoms with van der Waals surface area (Å²) in [5.74, 6) is 0.517. The predicted octanol–water partition coefficient (Wildman–Crippen LogP) is 4.36. The van der Waals surface area contributed by atoms with E-state index in [9.17, 15) is 10.1 Å². The predicted molar refractivity (Wildman–Crippen MR) is 76.6 cm³/mol. The van der Waals surface area contributed by atoms with Gasteiger partial charge >= 0.3 is 5.69 Å². The lowest BCUT2D eigenvalue weighted by atomic mass is 10.1. The van der Waals surface area contributed by atoms with E-state index in [1.54, 1.807) is 19.1 Å². The quantitative estimate of drug-likeness (QED) is 0.622. The summed E-state index contributed by atoms with van der Waals surface area (Å²) in [7, 11) is 0. The number of hydrogen-bond acceptors (Lipinski definition) is 4. The Morgan fingerprint density at radius 3 is 2.35 bits per heavy atom. The first-order valence-corrected chi connectivity index (χ1v) is 6.32. The van der Waals surface area contributed by atoms with Crippen molar-refractivity contribution in [3.63, 3.8) is 0 Å². The highest BCUT2D eigenvalue weighted by Crippen LogP contribution is 2.34. The number of rotatable bonds is 3. The van der Waals surface area contributed by atoms with Gasteiger partial charge in [-0.25, -0.2) is 4.98 Å². The molecule has 1 heterocycles. The van der Waals surface area contributed by atoms with E-state index in [1.165, 1.54) is 12.3 Å². The zero-order valence-electron chi connectivity index (χ0n) is 11.3. The van der Waals surface area contributed by atoms with E-state index in [0.29, 0.717) is 16.3 Å². The molecule has 0 aliphatic heterocycles.